The largest absolute Gasteiger partial charge is 0.481 e. The third kappa shape index (κ3) is 2.60. The van der Waals surface area contributed by atoms with Crippen LogP contribution in [0.2, 0.25) is 0 Å². The van der Waals surface area contributed by atoms with Gasteiger partial charge in [0.1, 0.15) is 5.58 Å². The van der Waals surface area contributed by atoms with Crippen LogP contribution in [0.15, 0.2) is 45.8 Å². The number of hydrogen-bond acceptors (Lipinski definition) is 3. The van der Waals surface area contributed by atoms with E-state index in [1.165, 1.54) is 18.4 Å². The van der Waals surface area contributed by atoms with Gasteiger partial charge in [-0.15, -0.1) is 0 Å². The fraction of sp³-hybridized carbons (Fsp3) is 0.0769. The third-order valence-corrected chi connectivity index (χ3v) is 2.29. The van der Waals surface area contributed by atoms with Gasteiger partial charge in [-0.3, -0.25) is 9.59 Å². The molecule has 0 unspecified atom stereocenters. The Morgan fingerprint density at radius 3 is 2.94 bits per heavy atom. The van der Waals surface area contributed by atoms with E-state index in [1.54, 1.807) is 24.3 Å². The van der Waals surface area contributed by atoms with Crippen molar-refractivity contribution in [2.24, 2.45) is 0 Å². The van der Waals surface area contributed by atoms with Crippen LogP contribution in [0.3, 0.4) is 0 Å². The highest BCUT2D eigenvalue weighted by Gasteiger charge is 1.99. The average Bonchev–Trinajstić information content (AvgIpc) is 2.30. The van der Waals surface area contributed by atoms with Crippen molar-refractivity contribution in [2.45, 2.75) is 6.42 Å². The first-order valence-corrected chi connectivity index (χ1v) is 5.07. The van der Waals surface area contributed by atoms with Crippen molar-refractivity contribution in [3.63, 3.8) is 0 Å². The lowest BCUT2D eigenvalue weighted by atomic mass is 10.1. The fourth-order valence-corrected chi connectivity index (χ4v) is 1.50. The van der Waals surface area contributed by atoms with Crippen LogP contribution in [-0.4, -0.2) is 11.1 Å². The van der Waals surface area contributed by atoms with Crippen LogP contribution in [-0.2, 0) is 4.79 Å². The molecule has 0 aliphatic carbocycles. The van der Waals surface area contributed by atoms with Gasteiger partial charge in [-0.1, -0.05) is 18.2 Å². The Labute approximate surface area is 96.8 Å². The minimum Gasteiger partial charge on any atom is -0.481 e. The van der Waals surface area contributed by atoms with Crippen molar-refractivity contribution in [1.29, 1.82) is 0 Å². The first-order chi connectivity index (χ1) is 8.16. The van der Waals surface area contributed by atoms with Crippen LogP contribution < -0.4 is 5.43 Å². The normalized spacial score (nSPS) is 11.1. The first kappa shape index (κ1) is 11.1. The fourth-order valence-electron chi connectivity index (χ4n) is 1.50. The zero-order valence-corrected chi connectivity index (χ0v) is 8.92. The number of hydrogen-bond donors (Lipinski definition) is 1. The molecule has 4 nitrogen and oxygen atoms in total. The predicted octanol–water partition coefficient (Wildman–Crippen LogP) is 2.28. The second-order valence-electron chi connectivity index (χ2n) is 3.54. The smallest absolute Gasteiger partial charge is 0.307 e. The number of carbonyl (C=O) groups is 1. The summed E-state index contributed by atoms with van der Waals surface area (Å²) in [6, 6.07) is 6.49. The zero-order chi connectivity index (χ0) is 12.3. The molecule has 0 fully saturated rings. The molecule has 0 aliphatic heterocycles. The minimum absolute atomic E-state index is 0.0402. The monoisotopic (exact) mass is 230 g/mol. The van der Waals surface area contributed by atoms with Gasteiger partial charge in [0.25, 0.3) is 0 Å². The SMILES string of the molecule is O=C(O)CC=Cc1ccc2occc(=O)c2c1. The molecule has 2 aromatic rings. The van der Waals surface area contributed by atoms with E-state index in [4.69, 9.17) is 9.52 Å². The molecular weight excluding hydrogens is 220 g/mol. The van der Waals surface area contributed by atoms with E-state index in [0.29, 0.717) is 11.0 Å². The molecule has 1 aromatic heterocycles. The zero-order valence-electron chi connectivity index (χ0n) is 8.92. The summed E-state index contributed by atoms with van der Waals surface area (Å²) >= 11 is 0. The molecule has 1 heterocycles. The Bertz CT molecular complexity index is 637. The van der Waals surface area contributed by atoms with Crippen molar-refractivity contribution in [2.75, 3.05) is 0 Å². The van der Waals surface area contributed by atoms with E-state index in [9.17, 15) is 9.59 Å². The Kier molecular flexibility index (Phi) is 3.05. The Balaban J connectivity index is 2.38. The predicted molar refractivity (Wildman–Crippen MR) is 63.8 cm³/mol. The van der Waals surface area contributed by atoms with E-state index in [1.807, 2.05) is 0 Å². The van der Waals surface area contributed by atoms with E-state index in [-0.39, 0.29) is 11.8 Å². The van der Waals surface area contributed by atoms with Crippen LogP contribution in [0.5, 0.6) is 0 Å². The van der Waals surface area contributed by atoms with Crippen molar-refractivity contribution >= 4 is 23.0 Å². The molecule has 0 radical (unpaired) electrons. The van der Waals surface area contributed by atoms with Gasteiger partial charge >= 0.3 is 5.97 Å². The summed E-state index contributed by atoms with van der Waals surface area (Å²) in [5.74, 6) is -0.887. The standard InChI is InChI=1S/C13H10O4/c14-11-6-7-17-12-5-4-9(8-10(11)12)2-1-3-13(15)16/h1-2,4-8H,3H2,(H,15,16). The highest BCUT2D eigenvalue weighted by Crippen LogP contribution is 2.13. The van der Waals surface area contributed by atoms with Gasteiger partial charge in [0, 0.05) is 6.07 Å². The van der Waals surface area contributed by atoms with Gasteiger partial charge in [-0.25, -0.2) is 0 Å². The van der Waals surface area contributed by atoms with Crippen molar-refractivity contribution < 1.29 is 14.3 Å². The van der Waals surface area contributed by atoms with Crippen LogP contribution >= 0.6 is 0 Å². The van der Waals surface area contributed by atoms with E-state index in [2.05, 4.69) is 0 Å². The molecule has 0 atom stereocenters. The molecule has 0 amide bonds. The van der Waals surface area contributed by atoms with E-state index in [0.717, 1.165) is 5.56 Å². The molecule has 0 bridgehead atoms. The van der Waals surface area contributed by atoms with Gasteiger partial charge in [0.05, 0.1) is 18.1 Å². The maximum atomic E-state index is 11.5. The Morgan fingerprint density at radius 1 is 1.35 bits per heavy atom. The van der Waals surface area contributed by atoms with Gasteiger partial charge in [-0.05, 0) is 17.7 Å². The third-order valence-electron chi connectivity index (χ3n) is 2.29. The molecule has 86 valence electrons. The maximum absolute atomic E-state index is 11.5. The summed E-state index contributed by atoms with van der Waals surface area (Å²) in [5.41, 5.74) is 1.19. The number of fused-ring (bicyclic) bond motifs is 1. The van der Waals surface area contributed by atoms with E-state index >= 15 is 0 Å². The van der Waals surface area contributed by atoms with Gasteiger partial charge in [0.15, 0.2) is 5.43 Å². The van der Waals surface area contributed by atoms with Crippen molar-refractivity contribution in [3.05, 3.63) is 52.4 Å². The summed E-state index contributed by atoms with van der Waals surface area (Å²) in [6.45, 7) is 0. The highest BCUT2D eigenvalue weighted by atomic mass is 16.4. The topological polar surface area (TPSA) is 67.5 Å². The number of benzene rings is 1. The second-order valence-corrected chi connectivity index (χ2v) is 3.54. The first-order valence-electron chi connectivity index (χ1n) is 5.07. The van der Waals surface area contributed by atoms with Crippen LogP contribution in [0.4, 0.5) is 0 Å². The van der Waals surface area contributed by atoms with Gasteiger partial charge in [-0.2, -0.15) is 0 Å². The van der Waals surface area contributed by atoms with E-state index < -0.39 is 5.97 Å². The molecule has 2 rings (SSSR count). The molecule has 4 heteroatoms. The summed E-state index contributed by atoms with van der Waals surface area (Å²) in [7, 11) is 0. The molecule has 0 saturated heterocycles. The lowest BCUT2D eigenvalue weighted by molar-refractivity contribution is -0.135. The Hall–Kier alpha value is -2.36. The second kappa shape index (κ2) is 4.65. The molecule has 0 aliphatic rings. The summed E-state index contributed by atoms with van der Waals surface area (Å²) in [4.78, 5) is 21.9. The van der Waals surface area contributed by atoms with Crippen LogP contribution in [0, 0.1) is 0 Å². The number of carboxylic acids is 1. The summed E-state index contributed by atoms with van der Waals surface area (Å²) in [5, 5.41) is 8.98. The minimum atomic E-state index is -0.887. The van der Waals surface area contributed by atoms with Crippen molar-refractivity contribution in [1.82, 2.24) is 0 Å². The molecule has 0 spiro atoms. The summed E-state index contributed by atoms with van der Waals surface area (Å²) in [6.07, 6.45) is 4.51. The number of aliphatic carboxylic acids is 1. The molecule has 1 aromatic carbocycles. The quantitative estimate of drug-likeness (QED) is 0.878. The molecule has 0 saturated carbocycles. The summed E-state index contributed by atoms with van der Waals surface area (Å²) < 4.78 is 5.17. The Morgan fingerprint density at radius 2 is 2.18 bits per heavy atom. The average molecular weight is 230 g/mol. The van der Waals surface area contributed by atoms with Gasteiger partial charge in [0.2, 0.25) is 0 Å². The number of carboxylic acid groups (broad SMARTS) is 1. The lowest BCUT2D eigenvalue weighted by Crippen LogP contribution is -1.97. The van der Waals surface area contributed by atoms with Gasteiger partial charge < -0.3 is 9.52 Å². The maximum Gasteiger partial charge on any atom is 0.307 e. The highest BCUT2D eigenvalue weighted by molar-refractivity contribution is 5.79. The molecular formula is C13H10O4. The van der Waals surface area contributed by atoms with Crippen LogP contribution in [0.25, 0.3) is 17.0 Å². The lowest BCUT2D eigenvalue weighted by Gasteiger charge is -1.97. The van der Waals surface area contributed by atoms with Crippen molar-refractivity contribution in [3.8, 4) is 0 Å². The van der Waals surface area contributed by atoms with Crippen LogP contribution in [0.1, 0.15) is 12.0 Å². The molecule has 1 N–H and O–H groups in total. The number of rotatable bonds is 3. The molecule has 17 heavy (non-hydrogen) atoms.